The average Bonchev–Trinajstić information content (AvgIpc) is 2.42. The molecule has 110 valence electrons. The molecule has 0 fully saturated rings. The molecular formula is C14H21N3O3. The van der Waals surface area contributed by atoms with Crippen molar-refractivity contribution in [1.29, 1.82) is 0 Å². The Morgan fingerprint density at radius 1 is 1.40 bits per heavy atom. The van der Waals surface area contributed by atoms with Gasteiger partial charge in [-0.05, 0) is 12.3 Å². The van der Waals surface area contributed by atoms with Crippen LogP contribution >= 0.6 is 0 Å². The van der Waals surface area contributed by atoms with Gasteiger partial charge < -0.3 is 10.4 Å². The van der Waals surface area contributed by atoms with Crippen molar-refractivity contribution in [3.8, 4) is 0 Å². The van der Waals surface area contributed by atoms with Crippen molar-refractivity contribution in [2.24, 2.45) is 0 Å². The van der Waals surface area contributed by atoms with Crippen LogP contribution in [-0.2, 0) is 4.79 Å². The molecule has 1 aromatic rings. The topological polar surface area (TPSA) is 92.2 Å². The van der Waals surface area contributed by atoms with Crippen LogP contribution in [0, 0.1) is 0 Å². The van der Waals surface area contributed by atoms with Crippen LogP contribution in [0.15, 0.2) is 12.5 Å². The number of carboxylic acids is 1. The van der Waals surface area contributed by atoms with Crippen molar-refractivity contribution < 1.29 is 14.7 Å². The monoisotopic (exact) mass is 279 g/mol. The second-order valence-electron chi connectivity index (χ2n) is 4.98. The van der Waals surface area contributed by atoms with Crippen LogP contribution in [-0.4, -0.2) is 33.0 Å². The van der Waals surface area contributed by atoms with Crippen LogP contribution < -0.4 is 5.32 Å². The average molecular weight is 279 g/mol. The number of aromatic nitrogens is 2. The number of rotatable bonds is 7. The molecule has 1 heterocycles. The molecule has 0 aliphatic rings. The minimum Gasteiger partial charge on any atom is -0.480 e. The molecule has 20 heavy (non-hydrogen) atoms. The fraction of sp³-hybridized carbons (Fsp3) is 0.571. The highest BCUT2D eigenvalue weighted by Gasteiger charge is 2.22. The minimum absolute atomic E-state index is 0.0673. The third-order valence-corrected chi connectivity index (χ3v) is 2.98. The highest BCUT2D eigenvalue weighted by molar-refractivity contribution is 5.97. The van der Waals surface area contributed by atoms with Crippen LogP contribution in [0.5, 0.6) is 0 Å². The molecule has 6 nitrogen and oxygen atoms in total. The third-order valence-electron chi connectivity index (χ3n) is 2.98. The lowest BCUT2D eigenvalue weighted by Crippen LogP contribution is -2.41. The van der Waals surface area contributed by atoms with Gasteiger partial charge in [-0.1, -0.05) is 33.6 Å². The van der Waals surface area contributed by atoms with E-state index in [0.29, 0.717) is 17.7 Å². The Labute approximate surface area is 118 Å². The predicted molar refractivity (Wildman–Crippen MR) is 74.5 cm³/mol. The van der Waals surface area contributed by atoms with Gasteiger partial charge in [-0.15, -0.1) is 0 Å². The predicted octanol–water partition coefficient (Wildman–Crippen LogP) is 1.97. The van der Waals surface area contributed by atoms with E-state index in [-0.39, 0.29) is 5.92 Å². The summed E-state index contributed by atoms with van der Waals surface area (Å²) in [6, 6.07) is -0.873. The number of nitrogens with one attached hydrogen (secondary N) is 1. The Morgan fingerprint density at radius 3 is 2.65 bits per heavy atom. The van der Waals surface area contributed by atoms with Crippen LogP contribution in [0.2, 0.25) is 0 Å². The summed E-state index contributed by atoms with van der Waals surface area (Å²) in [5.41, 5.74) is 0.961. The summed E-state index contributed by atoms with van der Waals surface area (Å²) >= 11 is 0. The van der Waals surface area contributed by atoms with E-state index >= 15 is 0 Å². The zero-order chi connectivity index (χ0) is 15.1. The lowest BCUT2D eigenvalue weighted by molar-refractivity contribution is -0.139. The Kier molecular flexibility index (Phi) is 6.09. The summed E-state index contributed by atoms with van der Waals surface area (Å²) in [6.45, 7) is 5.82. The highest BCUT2D eigenvalue weighted by Crippen LogP contribution is 2.15. The summed E-state index contributed by atoms with van der Waals surface area (Å²) in [6.07, 6.45) is 4.86. The maximum Gasteiger partial charge on any atom is 0.326 e. The van der Waals surface area contributed by atoms with E-state index in [1.54, 1.807) is 0 Å². The molecule has 0 saturated heterocycles. The largest absolute Gasteiger partial charge is 0.480 e. The van der Waals surface area contributed by atoms with Crippen LogP contribution in [0.3, 0.4) is 0 Å². The zero-order valence-corrected chi connectivity index (χ0v) is 12.1. The third kappa shape index (κ3) is 4.29. The first-order chi connectivity index (χ1) is 9.47. The summed E-state index contributed by atoms with van der Waals surface area (Å²) in [4.78, 5) is 31.3. The van der Waals surface area contributed by atoms with Crippen LogP contribution in [0.4, 0.5) is 0 Å². The lowest BCUT2D eigenvalue weighted by Gasteiger charge is -2.16. The highest BCUT2D eigenvalue weighted by atomic mass is 16.4. The zero-order valence-electron chi connectivity index (χ0n) is 12.1. The van der Waals surface area contributed by atoms with Gasteiger partial charge in [0.1, 0.15) is 12.4 Å². The molecule has 1 rings (SSSR count). The van der Waals surface area contributed by atoms with Crippen LogP contribution in [0.25, 0.3) is 0 Å². The van der Waals surface area contributed by atoms with Crippen molar-refractivity contribution in [2.45, 2.75) is 52.0 Å². The van der Waals surface area contributed by atoms with Gasteiger partial charge in [0.2, 0.25) is 0 Å². The summed E-state index contributed by atoms with van der Waals surface area (Å²) in [5, 5.41) is 11.7. The fourth-order valence-corrected chi connectivity index (χ4v) is 1.88. The molecule has 1 atom stereocenters. The number of amides is 1. The van der Waals surface area contributed by atoms with Gasteiger partial charge in [-0.25, -0.2) is 14.8 Å². The number of carboxylic acid groups (broad SMARTS) is 1. The van der Waals surface area contributed by atoms with Gasteiger partial charge in [-0.2, -0.15) is 0 Å². The molecule has 0 spiro atoms. The van der Waals surface area contributed by atoms with E-state index in [4.69, 9.17) is 5.11 Å². The van der Waals surface area contributed by atoms with Gasteiger partial charge in [-0.3, -0.25) is 4.79 Å². The van der Waals surface area contributed by atoms with Gasteiger partial charge in [0.25, 0.3) is 5.91 Å². The van der Waals surface area contributed by atoms with Gasteiger partial charge >= 0.3 is 5.97 Å². The maximum atomic E-state index is 12.2. The quantitative estimate of drug-likeness (QED) is 0.796. The van der Waals surface area contributed by atoms with Crippen molar-refractivity contribution in [3.63, 3.8) is 0 Å². The number of hydrogen-bond donors (Lipinski definition) is 2. The lowest BCUT2D eigenvalue weighted by atomic mass is 10.0. The first-order valence-electron chi connectivity index (χ1n) is 6.80. The van der Waals surface area contributed by atoms with Crippen LogP contribution in [0.1, 0.15) is 62.0 Å². The number of nitrogens with zero attached hydrogens (tertiary/aromatic N) is 2. The molecule has 6 heteroatoms. The number of unbranched alkanes of at least 4 members (excludes halogenated alkanes) is 1. The molecule has 1 aromatic heterocycles. The van der Waals surface area contributed by atoms with E-state index in [9.17, 15) is 9.59 Å². The van der Waals surface area contributed by atoms with E-state index in [0.717, 1.165) is 12.8 Å². The smallest absolute Gasteiger partial charge is 0.326 e. The second kappa shape index (κ2) is 7.57. The molecular weight excluding hydrogens is 258 g/mol. The normalized spacial score (nSPS) is 12.2. The maximum absolute atomic E-state index is 12.2. The minimum atomic E-state index is -1.02. The molecule has 2 N–H and O–H groups in total. The van der Waals surface area contributed by atoms with Crippen molar-refractivity contribution in [1.82, 2.24) is 15.3 Å². The Bertz CT molecular complexity index is 474. The molecule has 0 aromatic carbocycles. The van der Waals surface area contributed by atoms with E-state index in [1.165, 1.54) is 12.5 Å². The standard InChI is InChI=1S/C14H21N3O3/c1-4-5-6-11(14(19)20)17-13(18)10-7-15-8-16-12(10)9(2)3/h7-9,11H,4-6H2,1-3H3,(H,17,18)(H,19,20)/t11-/m0/s1. The van der Waals surface area contributed by atoms with Gasteiger partial charge in [0.15, 0.2) is 0 Å². The van der Waals surface area contributed by atoms with Crippen molar-refractivity contribution in [3.05, 3.63) is 23.8 Å². The second-order valence-corrected chi connectivity index (χ2v) is 4.98. The number of carbonyl (C=O) groups is 2. The number of carbonyl (C=O) groups excluding carboxylic acids is 1. The first kappa shape index (κ1) is 16.1. The fourth-order valence-electron chi connectivity index (χ4n) is 1.88. The molecule has 0 aliphatic carbocycles. The molecule has 0 bridgehead atoms. The number of hydrogen-bond acceptors (Lipinski definition) is 4. The van der Waals surface area contributed by atoms with E-state index in [2.05, 4.69) is 15.3 Å². The SMILES string of the molecule is CCCC[C@H](NC(=O)c1cncnc1C(C)C)C(=O)O. The summed E-state index contributed by atoms with van der Waals surface area (Å²) in [7, 11) is 0. The first-order valence-corrected chi connectivity index (χ1v) is 6.80. The summed E-state index contributed by atoms with van der Waals surface area (Å²) < 4.78 is 0. The Hall–Kier alpha value is -1.98. The van der Waals surface area contributed by atoms with E-state index < -0.39 is 17.9 Å². The Balaban J connectivity index is 2.86. The molecule has 0 radical (unpaired) electrons. The summed E-state index contributed by atoms with van der Waals surface area (Å²) in [5.74, 6) is -1.38. The molecule has 1 amide bonds. The van der Waals surface area contributed by atoms with Gasteiger partial charge in [0.05, 0.1) is 11.3 Å². The van der Waals surface area contributed by atoms with Crippen molar-refractivity contribution in [2.75, 3.05) is 0 Å². The number of aliphatic carboxylic acids is 1. The molecule has 0 aliphatic heterocycles. The van der Waals surface area contributed by atoms with Crippen molar-refractivity contribution >= 4 is 11.9 Å². The molecule has 0 unspecified atom stereocenters. The Morgan fingerprint density at radius 2 is 2.10 bits per heavy atom. The van der Waals surface area contributed by atoms with Gasteiger partial charge in [0, 0.05) is 6.20 Å². The molecule has 0 saturated carbocycles. The van der Waals surface area contributed by atoms with E-state index in [1.807, 2.05) is 20.8 Å².